The predicted octanol–water partition coefficient (Wildman–Crippen LogP) is 5.94. The first-order valence-electron chi connectivity index (χ1n) is 6.81. The molecule has 0 bridgehead atoms. The third-order valence-electron chi connectivity index (χ3n) is 4.66. The Morgan fingerprint density at radius 2 is 1.68 bits per heavy atom. The fourth-order valence-corrected chi connectivity index (χ4v) is 19.0. The first kappa shape index (κ1) is 17.5. The molecule has 2 aliphatic carbocycles. The van der Waals surface area contributed by atoms with Crippen molar-refractivity contribution in [1.29, 1.82) is 0 Å². The van der Waals surface area contributed by atoms with Crippen LogP contribution in [0.2, 0.25) is 8.26 Å². The van der Waals surface area contributed by atoms with E-state index in [1.165, 1.54) is 12.0 Å². The van der Waals surface area contributed by atoms with Crippen molar-refractivity contribution < 1.29 is 20.3 Å². The Kier molecular flexibility index (Phi) is 5.56. The number of hydrogen-bond acceptors (Lipinski definition) is 0. The van der Waals surface area contributed by atoms with E-state index in [9.17, 15) is 0 Å². The number of rotatable bonds is 2. The van der Waals surface area contributed by atoms with Gasteiger partial charge in [0.25, 0.3) is 0 Å². The van der Waals surface area contributed by atoms with Gasteiger partial charge >= 0.3 is 110 Å². The molecule has 0 aromatic rings. The van der Waals surface area contributed by atoms with Crippen LogP contribution >= 0.6 is 24.8 Å². The van der Waals surface area contributed by atoms with Gasteiger partial charge < -0.3 is 0 Å². The van der Waals surface area contributed by atoms with Gasteiger partial charge in [0.15, 0.2) is 0 Å². The van der Waals surface area contributed by atoms with Gasteiger partial charge in [0.2, 0.25) is 0 Å². The molecule has 0 saturated carbocycles. The van der Waals surface area contributed by atoms with Crippen LogP contribution in [0.15, 0.2) is 41.5 Å². The van der Waals surface area contributed by atoms with E-state index < -0.39 is 20.3 Å². The molecule has 0 amide bonds. The van der Waals surface area contributed by atoms with Gasteiger partial charge in [-0.1, -0.05) is 0 Å². The van der Waals surface area contributed by atoms with Crippen molar-refractivity contribution in [3.8, 4) is 0 Å². The molecule has 0 aromatic carbocycles. The smallest absolute Gasteiger partial charge is 0.147 e. The summed E-state index contributed by atoms with van der Waals surface area (Å²) in [6, 6.07) is 0. The molecule has 3 rings (SSSR count). The van der Waals surface area contributed by atoms with Crippen LogP contribution in [0, 0.1) is 5.92 Å². The third kappa shape index (κ3) is 2.90. The summed E-state index contributed by atoms with van der Waals surface area (Å²) in [6.07, 6.45) is 8.76. The molecule has 0 nitrogen and oxygen atoms in total. The summed E-state index contributed by atoms with van der Waals surface area (Å²) in [5.74, 6) is 0.745. The minimum atomic E-state index is -1.99. The molecule has 19 heavy (non-hydrogen) atoms. The molecular weight excluding hydrogens is 354 g/mol. The van der Waals surface area contributed by atoms with Gasteiger partial charge in [-0.25, -0.2) is 0 Å². The van der Waals surface area contributed by atoms with Crippen molar-refractivity contribution in [2.24, 2.45) is 5.92 Å². The maximum Gasteiger partial charge on any atom is -0.147 e. The molecule has 1 saturated heterocycles. The minimum Gasteiger partial charge on any atom is -0.147 e. The van der Waals surface area contributed by atoms with Crippen LogP contribution in [0.25, 0.3) is 0 Å². The second-order valence-electron chi connectivity index (χ2n) is 6.21. The zero-order valence-electron chi connectivity index (χ0n) is 12.2. The molecule has 3 aliphatic rings. The Bertz CT molecular complexity index is 505. The Labute approximate surface area is 134 Å². The summed E-state index contributed by atoms with van der Waals surface area (Å²) in [5, 5.41) is 0. The van der Waals surface area contributed by atoms with Gasteiger partial charge in [0, 0.05) is 0 Å². The summed E-state index contributed by atoms with van der Waals surface area (Å²) < 4.78 is 6.99. The van der Waals surface area contributed by atoms with Crippen molar-refractivity contribution in [3.05, 3.63) is 41.5 Å². The van der Waals surface area contributed by atoms with E-state index in [0.717, 1.165) is 5.92 Å². The molecule has 0 spiro atoms. The van der Waals surface area contributed by atoms with E-state index in [1.54, 1.807) is 19.4 Å². The Morgan fingerprint density at radius 1 is 1.05 bits per heavy atom. The van der Waals surface area contributed by atoms with Gasteiger partial charge in [-0.15, -0.1) is 24.8 Å². The van der Waals surface area contributed by atoms with E-state index in [-0.39, 0.29) is 24.8 Å². The molecule has 1 fully saturated rings. The first-order chi connectivity index (χ1) is 8.03. The molecule has 0 N–H and O–H groups in total. The largest absolute Gasteiger partial charge is 0.147 e. The molecular formula is C16H24Cl2Zr. The molecule has 106 valence electrons. The van der Waals surface area contributed by atoms with Gasteiger partial charge in [0.05, 0.1) is 0 Å². The zero-order valence-corrected chi connectivity index (χ0v) is 16.3. The third-order valence-corrected chi connectivity index (χ3v) is 16.8. The van der Waals surface area contributed by atoms with Crippen LogP contribution in [0.3, 0.4) is 0 Å². The van der Waals surface area contributed by atoms with Gasteiger partial charge in [0.1, 0.15) is 0 Å². The monoisotopic (exact) mass is 376 g/mol. The van der Waals surface area contributed by atoms with Crippen molar-refractivity contribution in [3.63, 3.8) is 0 Å². The van der Waals surface area contributed by atoms with Gasteiger partial charge in [-0.05, 0) is 0 Å². The van der Waals surface area contributed by atoms with Crippen molar-refractivity contribution >= 4 is 24.8 Å². The first-order valence-corrected chi connectivity index (χ1v) is 12.7. The average Bonchev–Trinajstić information content (AvgIpc) is 2.86. The van der Waals surface area contributed by atoms with Crippen LogP contribution in [0.4, 0.5) is 0 Å². The zero-order chi connectivity index (χ0) is 12.2. The average molecular weight is 378 g/mol. The predicted molar refractivity (Wildman–Crippen MR) is 86.2 cm³/mol. The molecule has 1 unspecified atom stereocenters. The molecule has 1 aliphatic heterocycles. The van der Waals surface area contributed by atoms with Crippen LogP contribution in [-0.2, 0) is 20.3 Å². The Balaban J connectivity index is 0.000000902. The van der Waals surface area contributed by atoms with E-state index in [2.05, 4.69) is 45.9 Å². The summed E-state index contributed by atoms with van der Waals surface area (Å²) in [4.78, 5) is 0. The van der Waals surface area contributed by atoms with Crippen molar-refractivity contribution in [1.82, 2.24) is 0 Å². The summed E-state index contributed by atoms with van der Waals surface area (Å²) in [7, 11) is 0. The Hall–Kier alpha value is 0.423. The Morgan fingerprint density at radius 3 is 2.05 bits per heavy atom. The van der Waals surface area contributed by atoms with Crippen LogP contribution in [-0.4, -0.2) is 0 Å². The molecule has 3 heteroatoms. The molecule has 1 heterocycles. The van der Waals surface area contributed by atoms with Gasteiger partial charge in [-0.2, -0.15) is 0 Å². The maximum absolute atomic E-state index is 2.54. The van der Waals surface area contributed by atoms with Crippen LogP contribution < -0.4 is 0 Å². The van der Waals surface area contributed by atoms with Crippen molar-refractivity contribution in [2.75, 3.05) is 0 Å². The molecule has 1 atom stereocenters. The van der Waals surface area contributed by atoms with Crippen LogP contribution in [0.5, 0.6) is 0 Å². The standard InChI is InChI=1S/2C7H9.C2H4.2ClH.Zr/c2*1-6-3-4-7(2)5-6;1-2;;;/h5H,3H2,1-2H3;3,5,7H,1-2H3;1-2H2;2*1H;. The quantitative estimate of drug-likeness (QED) is 0.558. The van der Waals surface area contributed by atoms with E-state index in [4.69, 9.17) is 0 Å². The fraction of sp³-hybridized carbons (Fsp3) is 0.500. The normalized spacial score (nSPS) is 27.2. The van der Waals surface area contributed by atoms with Crippen molar-refractivity contribution in [2.45, 2.75) is 42.4 Å². The molecule has 0 aromatic heterocycles. The number of hydrogen-bond donors (Lipinski definition) is 0. The van der Waals surface area contributed by atoms with Gasteiger partial charge in [-0.3, -0.25) is 0 Å². The minimum absolute atomic E-state index is 0. The summed E-state index contributed by atoms with van der Waals surface area (Å²) >= 11 is -1.99. The fourth-order valence-electron chi connectivity index (χ4n) is 3.85. The number of allylic oxidation sites excluding steroid dienone is 8. The molecule has 0 radical (unpaired) electrons. The summed E-state index contributed by atoms with van der Waals surface area (Å²) in [5.41, 5.74) is 4.74. The van der Waals surface area contributed by atoms with Crippen LogP contribution in [0.1, 0.15) is 34.1 Å². The maximum atomic E-state index is 2.54. The van der Waals surface area contributed by atoms with E-state index >= 15 is 0 Å². The van der Waals surface area contributed by atoms with E-state index in [1.807, 2.05) is 6.56 Å². The SMILES string of the molecule is CC1=CC(C)[C]([Zr]2([C]3=C(C)C=C(C)C3)[CH2][CH2]2)=C1.Cl.Cl. The second kappa shape index (κ2) is 6.04. The number of halogens is 2. The summed E-state index contributed by atoms with van der Waals surface area (Å²) in [6.45, 7) is 9.33. The second-order valence-corrected chi connectivity index (χ2v) is 16.9. The van der Waals surface area contributed by atoms with E-state index in [0.29, 0.717) is 0 Å². The topological polar surface area (TPSA) is 0 Å².